The average Bonchev–Trinajstić information content (AvgIpc) is 3.34. The summed E-state index contributed by atoms with van der Waals surface area (Å²) in [6.07, 6.45) is 16.4. The van der Waals surface area contributed by atoms with Crippen LogP contribution < -0.4 is 0 Å². The Morgan fingerprint density at radius 2 is 1.64 bits per heavy atom. The summed E-state index contributed by atoms with van der Waals surface area (Å²) in [5.74, 6) is 2.24. The molecule has 0 spiro atoms. The van der Waals surface area contributed by atoms with Crippen molar-refractivity contribution in [3.8, 4) is 0 Å². The van der Waals surface area contributed by atoms with Crippen LogP contribution >= 0.6 is 0 Å². The predicted octanol–water partition coefficient (Wildman–Crippen LogP) is 4.88. The van der Waals surface area contributed by atoms with Gasteiger partial charge >= 0.3 is 0 Å². The topological polar surface area (TPSA) is 3.24 Å². The largest absolute Gasteiger partial charge is 0.306 e. The molecule has 1 aromatic carbocycles. The maximum atomic E-state index is 2.41. The molecule has 0 radical (unpaired) electrons. The van der Waals surface area contributed by atoms with Crippen molar-refractivity contribution in [2.75, 3.05) is 20.1 Å². The van der Waals surface area contributed by atoms with E-state index in [4.69, 9.17) is 0 Å². The third-order valence-corrected chi connectivity index (χ3v) is 4.24. The van der Waals surface area contributed by atoms with Crippen LogP contribution in [0.1, 0.15) is 25.3 Å². The van der Waals surface area contributed by atoms with E-state index in [0.717, 1.165) is 18.3 Å². The second-order valence-electron chi connectivity index (χ2n) is 6.35. The van der Waals surface area contributed by atoms with Crippen LogP contribution in [0.4, 0.5) is 0 Å². The van der Waals surface area contributed by atoms with E-state index in [0.29, 0.717) is 0 Å². The smallest absolute Gasteiger partial charge is 0.00216 e. The van der Waals surface area contributed by atoms with E-state index in [2.05, 4.69) is 48.4 Å². The lowest BCUT2D eigenvalue weighted by Crippen LogP contribution is -2.44. The fourth-order valence-electron chi connectivity index (χ4n) is 2.75. The van der Waals surface area contributed by atoms with E-state index in [9.17, 15) is 0 Å². The molecular formula is C21H29N. The first kappa shape index (κ1) is 16.8. The van der Waals surface area contributed by atoms with Gasteiger partial charge in [-0.25, -0.2) is 0 Å². The van der Waals surface area contributed by atoms with Gasteiger partial charge in [0.05, 0.1) is 0 Å². The molecular weight excluding hydrogens is 266 g/mol. The second kappa shape index (κ2) is 9.42. The third kappa shape index (κ3) is 6.44. The van der Waals surface area contributed by atoms with E-state index in [-0.39, 0.29) is 0 Å². The zero-order chi connectivity index (χ0) is 15.6. The van der Waals surface area contributed by atoms with Crippen LogP contribution in [0.15, 0.2) is 66.8 Å². The van der Waals surface area contributed by atoms with Gasteiger partial charge in [0.2, 0.25) is 0 Å². The Morgan fingerprint density at radius 1 is 0.955 bits per heavy atom. The molecule has 1 saturated carbocycles. The molecule has 22 heavy (non-hydrogen) atoms. The molecule has 0 aromatic heterocycles. The van der Waals surface area contributed by atoms with Gasteiger partial charge in [0.1, 0.15) is 0 Å². The van der Waals surface area contributed by atoms with Crippen LogP contribution in [0.5, 0.6) is 0 Å². The first-order valence-corrected chi connectivity index (χ1v) is 8.46. The number of nitrogens with zero attached hydrogens (tertiary/aromatic N) is 1. The Kier molecular flexibility index (Phi) is 7.18. The molecule has 0 atom stereocenters. The highest BCUT2D eigenvalue weighted by Gasteiger charge is 2.37. The van der Waals surface area contributed by atoms with Gasteiger partial charge in [-0.3, -0.25) is 0 Å². The van der Waals surface area contributed by atoms with Gasteiger partial charge in [-0.15, -0.1) is 0 Å². The average molecular weight is 295 g/mol. The Balaban J connectivity index is 0.000000183. The van der Waals surface area contributed by atoms with Gasteiger partial charge in [0.15, 0.2) is 0 Å². The van der Waals surface area contributed by atoms with Gasteiger partial charge in [-0.1, -0.05) is 66.8 Å². The zero-order valence-corrected chi connectivity index (χ0v) is 14.0. The van der Waals surface area contributed by atoms with E-state index < -0.39 is 0 Å². The van der Waals surface area contributed by atoms with Gasteiger partial charge in [-0.2, -0.15) is 0 Å². The summed E-state index contributed by atoms with van der Waals surface area (Å²) in [5.41, 5.74) is 1.35. The summed E-state index contributed by atoms with van der Waals surface area (Å²) < 4.78 is 0. The highest BCUT2D eigenvalue weighted by molar-refractivity contribution is 5.19. The molecule has 1 heterocycles. The standard InChI is InChI=1S/C14H16.C7H13N/c1-2-3-4-5-6-8-11-14-12-9-7-10-13-14;1-8-4-7(5-8)6-2-3-6/h2-10,12-13H,11H2,1H3;6-7H,2-5H2,1H3/b3-2-,5-4-,8-6+;. The summed E-state index contributed by atoms with van der Waals surface area (Å²) in [5, 5.41) is 0. The van der Waals surface area contributed by atoms with Crippen molar-refractivity contribution in [1.29, 1.82) is 0 Å². The van der Waals surface area contributed by atoms with Crippen molar-refractivity contribution in [3.05, 3.63) is 72.4 Å². The lowest BCUT2D eigenvalue weighted by Gasteiger charge is -2.36. The fraction of sp³-hybridized carbons (Fsp3) is 0.429. The molecule has 3 rings (SSSR count). The predicted molar refractivity (Wildman–Crippen MR) is 97.0 cm³/mol. The number of benzene rings is 1. The lowest BCUT2D eigenvalue weighted by atomic mass is 9.96. The number of allylic oxidation sites excluding steroid dienone is 6. The highest BCUT2D eigenvalue weighted by Crippen LogP contribution is 2.40. The molecule has 1 aliphatic heterocycles. The quantitative estimate of drug-likeness (QED) is 0.700. The lowest BCUT2D eigenvalue weighted by molar-refractivity contribution is 0.117. The first-order valence-electron chi connectivity index (χ1n) is 8.46. The van der Waals surface area contributed by atoms with E-state index in [1.54, 1.807) is 0 Å². The van der Waals surface area contributed by atoms with Crippen LogP contribution in [0.3, 0.4) is 0 Å². The summed E-state index contributed by atoms with van der Waals surface area (Å²) in [7, 11) is 2.21. The van der Waals surface area contributed by atoms with Crippen LogP contribution in [0, 0.1) is 11.8 Å². The minimum Gasteiger partial charge on any atom is -0.306 e. The Bertz CT molecular complexity index is 488. The molecule has 2 aliphatic rings. The second-order valence-corrected chi connectivity index (χ2v) is 6.35. The van der Waals surface area contributed by atoms with Gasteiger partial charge in [0.25, 0.3) is 0 Å². The van der Waals surface area contributed by atoms with Crippen molar-refractivity contribution in [2.45, 2.75) is 26.2 Å². The molecule has 1 aliphatic carbocycles. The fourth-order valence-corrected chi connectivity index (χ4v) is 2.75. The van der Waals surface area contributed by atoms with Crippen molar-refractivity contribution >= 4 is 0 Å². The van der Waals surface area contributed by atoms with Crippen molar-refractivity contribution in [3.63, 3.8) is 0 Å². The highest BCUT2D eigenvalue weighted by atomic mass is 15.2. The van der Waals surface area contributed by atoms with Crippen LogP contribution in [0.25, 0.3) is 0 Å². The monoisotopic (exact) mass is 295 g/mol. The maximum absolute atomic E-state index is 2.41. The molecule has 1 heteroatoms. The van der Waals surface area contributed by atoms with Crippen molar-refractivity contribution < 1.29 is 0 Å². The summed E-state index contributed by atoms with van der Waals surface area (Å²) in [6.45, 7) is 4.77. The first-order chi connectivity index (χ1) is 10.8. The Hall–Kier alpha value is -1.60. The van der Waals surface area contributed by atoms with Crippen LogP contribution in [-0.4, -0.2) is 25.0 Å². The van der Waals surface area contributed by atoms with E-state index in [1.807, 2.05) is 37.3 Å². The molecule has 1 nitrogen and oxygen atoms in total. The summed E-state index contributed by atoms with van der Waals surface area (Å²) in [6, 6.07) is 10.5. The molecule has 118 valence electrons. The normalized spacial score (nSPS) is 19.5. The molecule has 0 unspecified atom stereocenters. The third-order valence-electron chi connectivity index (χ3n) is 4.24. The van der Waals surface area contributed by atoms with Gasteiger partial charge in [0, 0.05) is 13.1 Å². The number of hydrogen-bond acceptors (Lipinski definition) is 1. The number of rotatable bonds is 5. The maximum Gasteiger partial charge on any atom is 0.00216 e. The Labute approximate surface area is 136 Å². The molecule has 0 bridgehead atoms. The van der Waals surface area contributed by atoms with Crippen LogP contribution in [-0.2, 0) is 6.42 Å². The Morgan fingerprint density at radius 3 is 2.23 bits per heavy atom. The molecule has 0 N–H and O–H groups in total. The van der Waals surface area contributed by atoms with Gasteiger partial charge in [-0.05, 0) is 50.6 Å². The number of likely N-dealkylation sites (tertiary alicyclic amines) is 1. The summed E-state index contributed by atoms with van der Waals surface area (Å²) in [4.78, 5) is 2.41. The minimum absolute atomic E-state index is 1.00. The minimum atomic E-state index is 1.00. The summed E-state index contributed by atoms with van der Waals surface area (Å²) >= 11 is 0. The molecule has 1 aromatic rings. The number of hydrogen-bond donors (Lipinski definition) is 0. The molecule has 1 saturated heterocycles. The molecule has 2 fully saturated rings. The van der Waals surface area contributed by atoms with Gasteiger partial charge < -0.3 is 4.90 Å². The van der Waals surface area contributed by atoms with Crippen molar-refractivity contribution in [1.82, 2.24) is 4.90 Å². The van der Waals surface area contributed by atoms with Crippen LogP contribution in [0.2, 0.25) is 0 Å². The SMILES string of the molecule is CN1CC(C2CC2)C1.C\C=C/C=C\C=C\Cc1ccccc1. The van der Waals surface area contributed by atoms with E-state index >= 15 is 0 Å². The van der Waals surface area contributed by atoms with Crippen molar-refractivity contribution in [2.24, 2.45) is 11.8 Å². The zero-order valence-electron chi connectivity index (χ0n) is 14.0. The molecule has 0 amide bonds. The van der Waals surface area contributed by atoms with E-state index in [1.165, 1.54) is 31.5 Å².